The molecule has 0 spiro atoms. The van der Waals surface area contributed by atoms with E-state index in [0.29, 0.717) is 30.2 Å². The second-order valence-electron chi connectivity index (χ2n) is 8.05. The van der Waals surface area contributed by atoms with Crippen LogP contribution in [-0.2, 0) is 17.9 Å². The van der Waals surface area contributed by atoms with Crippen molar-refractivity contribution >= 4 is 17.5 Å². The first-order valence-corrected chi connectivity index (χ1v) is 11.2. The molecule has 0 unspecified atom stereocenters. The summed E-state index contributed by atoms with van der Waals surface area (Å²) in [5.41, 5.74) is 0.816. The Hall–Kier alpha value is -4.34. The molecule has 182 valence electrons. The monoisotopic (exact) mass is 479 g/mol. The molecular formula is C25H25N3O7. The third-order valence-electron chi connectivity index (χ3n) is 5.50. The van der Waals surface area contributed by atoms with Gasteiger partial charge in [0.05, 0.1) is 17.7 Å². The molecule has 10 nitrogen and oxygen atoms in total. The Balaban J connectivity index is 1.54. The Morgan fingerprint density at radius 3 is 2.57 bits per heavy atom. The van der Waals surface area contributed by atoms with Crippen LogP contribution in [0.2, 0.25) is 0 Å². The summed E-state index contributed by atoms with van der Waals surface area (Å²) < 4.78 is 16.3. The summed E-state index contributed by atoms with van der Waals surface area (Å²) >= 11 is 0. The number of hydrogen-bond donors (Lipinski definition) is 0. The van der Waals surface area contributed by atoms with Crippen LogP contribution in [0.5, 0.6) is 11.5 Å². The highest BCUT2D eigenvalue weighted by Gasteiger charge is 2.24. The van der Waals surface area contributed by atoms with Crippen LogP contribution in [-0.4, -0.2) is 46.4 Å². The standard InChI is InChI=1S/C25H25N3O7/c1-2-10-26(25(30)19-5-3-6-20(13-19)28(31)32)16-24(29)27(15-21-7-4-11-33-21)14-18-8-9-22-23(12-18)35-17-34-22/h3-9,11-13H,2,10,14-17H2,1H3. The van der Waals surface area contributed by atoms with Gasteiger partial charge >= 0.3 is 0 Å². The second-order valence-corrected chi connectivity index (χ2v) is 8.05. The average molecular weight is 479 g/mol. The number of non-ortho nitro benzene ring substituents is 1. The number of ether oxygens (including phenoxy) is 2. The molecule has 2 aromatic carbocycles. The van der Waals surface area contributed by atoms with Crippen molar-refractivity contribution in [3.05, 3.63) is 87.9 Å². The highest BCUT2D eigenvalue weighted by molar-refractivity contribution is 5.97. The molecule has 3 aromatic rings. The van der Waals surface area contributed by atoms with E-state index in [0.717, 1.165) is 5.56 Å². The largest absolute Gasteiger partial charge is 0.467 e. The number of rotatable bonds is 10. The van der Waals surface area contributed by atoms with Crippen LogP contribution in [0.3, 0.4) is 0 Å². The van der Waals surface area contributed by atoms with Gasteiger partial charge in [0.1, 0.15) is 12.3 Å². The number of nitrogens with zero attached hydrogens (tertiary/aromatic N) is 3. The van der Waals surface area contributed by atoms with E-state index in [-0.39, 0.29) is 43.6 Å². The zero-order valence-corrected chi connectivity index (χ0v) is 19.2. The molecule has 0 atom stereocenters. The van der Waals surface area contributed by atoms with E-state index in [1.807, 2.05) is 19.1 Å². The predicted octanol–water partition coefficient (Wildman–Crippen LogP) is 4.00. The molecule has 0 N–H and O–H groups in total. The Morgan fingerprint density at radius 1 is 1.00 bits per heavy atom. The van der Waals surface area contributed by atoms with Gasteiger partial charge in [-0.15, -0.1) is 0 Å². The van der Waals surface area contributed by atoms with Crippen molar-refractivity contribution in [2.75, 3.05) is 19.9 Å². The first-order chi connectivity index (χ1) is 16.9. The SMILES string of the molecule is CCCN(CC(=O)N(Cc1ccc2c(c1)OCO2)Cc1ccco1)C(=O)c1cccc([N+](=O)[O-])c1. The Morgan fingerprint density at radius 2 is 1.83 bits per heavy atom. The van der Waals surface area contributed by atoms with Crippen LogP contribution >= 0.6 is 0 Å². The van der Waals surface area contributed by atoms with Crippen molar-refractivity contribution in [2.45, 2.75) is 26.4 Å². The van der Waals surface area contributed by atoms with Gasteiger partial charge in [0.15, 0.2) is 11.5 Å². The third-order valence-corrected chi connectivity index (χ3v) is 5.50. The van der Waals surface area contributed by atoms with E-state index < -0.39 is 10.8 Å². The number of nitro groups is 1. The van der Waals surface area contributed by atoms with Crippen molar-refractivity contribution in [1.82, 2.24) is 9.80 Å². The number of carbonyl (C=O) groups is 2. The zero-order valence-electron chi connectivity index (χ0n) is 19.2. The third kappa shape index (κ3) is 5.78. The van der Waals surface area contributed by atoms with Gasteiger partial charge in [-0.1, -0.05) is 19.1 Å². The van der Waals surface area contributed by atoms with Gasteiger partial charge in [-0.05, 0) is 42.3 Å². The van der Waals surface area contributed by atoms with Gasteiger partial charge in [-0.3, -0.25) is 19.7 Å². The van der Waals surface area contributed by atoms with Crippen LogP contribution in [0.4, 0.5) is 5.69 Å². The molecule has 0 saturated carbocycles. The number of benzene rings is 2. The summed E-state index contributed by atoms with van der Waals surface area (Å²) in [6.07, 6.45) is 2.15. The van der Waals surface area contributed by atoms with Gasteiger partial charge < -0.3 is 23.7 Å². The van der Waals surface area contributed by atoms with Gasteiger partial charge in [0, 0.05) is 30.8 Å². The van der Waals surface area contributed by atoms with Gasteiger partial charge in [0.2, 0.25) is 12.7 Å². The average Bonchev–Trinajstić information content (AvgIpc) is 3.54. The molecule has 0 aliphatic carbocycles. The topological polar surface area (TPSA) is 115 Å². The minimum absolute atomic E-state index is 0.152. The lowest BCUT2D eigenvalue weighted by Crippen LogP contribution is -2.42. The highest BCUT2D eigenvalue weighted by Crippen LogP contribution is 2.33. The zero-order chi connectivity index (χ0) is 24.8. The molecule has 2 heterocycles. The molecule has 35 heavy (non-hydrogen) atoms. The number of hydrogen-bond acceptors (Lipinski definition) is 7. The van der Waals surface area contributed by atoms with Crippen molar-refractivity contribution < 1.29 is 28.4 Å². The van der Waals surface area contributed by atoms with Crippen LogP contribution in [0.1, 0.15) is 35.0 Å². The van der Waals surface area contributed by atoms with Crippen molar-refractivity contribution in [1.29, 1.82) is 0 Å². The molecule has 0 fully saturated rings. The molecule has 0 saturated heterocycles. The molecule has 0 bridgehead atoms. The fraction of sp³-hybridized carbons (Fsp3) is 0.280. The van der Waals surface area contributed by atoms with Gasteiger partial charge in [0.25, 0.3) is 11.6 Å². The Bertz CT molecular complexity index is 1210. The van der Waals surface area contributed by atoms with E-state index in [2.05, 4.69) is 0 Å². The molecule has 2 amide bonds. The summed E-state index contributed by atoms with van der Waals surface area (Å²) in [6, 6.07) is 14.5. The summed E-state index contributed by atoms with van der Waals surface area (Å²) in [5, 5.41) is 11.1. The number of fused-ring (bicyclic) bond motifs is 1. The molecule has 10 heteroatoms. The lowest BCUT2D eigenvalue weighted by molar-refractivity contribution is -0.384. The first kappa shape index (κ1) is 23.8. The van der Waals surface area contributed by atoms with Crippen LogP contribution in [0.25, 0.3) is 0 Å². The minimum Gasteiger partial charge on any atom is -0.467 e. The number of nitro benzene ring substituents is 1. The van der Waals surface area contributed by atoms with Crippen LogP contribution < -0.4 is 9.47 Å². The second kappa shape index (κ2) is 10.7. The summed E-state index contributed by atoms with van der Waals surface area (Å²) in [5.74, 6) is 1.14. The highest BCUT2D eigenvalue weighted by atomic mass is 16.7. The molecule has 4 rings (SSSR count). The summed E-state index contributed by atoms with van der Waals surface area (Å²) in [6.45, 7) is 2.67. The first-order valence-electron chi connectivity index (χ1n) is 11.2. The van der Waals surface area contributed by atoms with E-state index in [4.69, 9.17) is 13.9 Å². The van der Waals surface area contributed by atoms with E-state index in [1.54, 1.807) is 23.1 Å². The van der Waals surface area contributed by atoms with Crippen molar-refractivity contribution in [3.8, 4) is 11.5 Å². The lowest BCUT2D eigenvalue weighted by atomic mass is 10.1. The number of furan rings is 1. The maximum absolute atomic E-state index is 13.4. The summed E-state index contributed by atoms with van der Waals surface area (Å²) in [4.78, 5) is 40.2. The Labute approximate surface area is 201 Å². The molecule has 1 aliphatic heterocycles. The van der Waals surface area contributed by atoms with Crippen LogP contribution in [0, 0.1) is 10.1 Å². The van der Waals surface area contributed by atoms with Gasteiger partial charge in [-0.2, -0.15) is 0 Å². The quantitative estimate of drug-likeness (QED) is 0.319. The molecule has 1 aromatic heterocycles. The predicted molar refractivity (Wildman–Crippen MR) is 125 cm³/mol. The number of amides is 2. The maximum atomic E-state index is 13.4. The minimum atomic E-state index is -0.553. The lowest BCUT2D eigenvalue weighted by Gasteiger charge is -2.27. The maximum Gasteiger partial charge on any atom is 0.270 e. The van der Waals surface area contributed by atoms with E-state index >= 15 is 0 Å². The van der Waals surface area contributed by atoms with E-state index in [1.165, 1.54) is 35.4 Å². The fourth-order valence-corrected chi connectivity index (χ4v) is 3.80. The Kier molecular flexibility index (Phi) is 7.30. The van der Waals surface area contributed by atoms with E-state index in [9.17, 15) is 19.7 Å². The van der Waals surface area contributed by atoms with Gasteiger partial charge in [-0.25, -0.2) is 0 Å². The molecular weight excluding hydrogens is 454 g/mol. The van der Waals surface area contributed by atoms with Crippen LogP contribution in [0.15, 0.2) is 65.3 Å². The molecule has 1 aliphatic rings. The fourth-order valence-electron chi connectivity index (χ4n) is 3.80. The summed E-state index contributed by atoms with van der Waals surface area (Å²) in [7, 11) is 0. The normalized spacial score (nSPS) is 11.8. The molecule has 0 radical (unpaired) electrons. The number of carbonyl (C=O) groups excluding carboxylic acids is 2. The smallest absolute Gasteiger partial charge is 0.270 e. The van der Waals surface area contributed by atoms with Crippen molar-refractivity contribution in [3.63, 3.8) is 0 Å². The van der Waals surface area contributed by atoms with Crippen molar-refractivity contribution in [2.24, 2.45) is 0 Å².